The molecule has 2 heterocycles. The molecule has 0 spiro atoms. The van der Waals surface area contributed by atoms with Crippen LogP contribution in [0.15, 0.2) is 60.0 Å². The van der Waals surface area contributed by atoms with Crippen LogP contribution in [0.25, 0.3) is 0 Å². The Morgan fingerprint density at radius 3 is 2.65 bits per heavy atom. The number of amides is 1. The number of aliphatic hydroxyl groups excluding tert-OH is 1. The second-order valence-electron chi connectivity index (χ2n) is 8.79. The van der Waals surface area contributed by atoms with E-state index in [1.165, 1.54) is 31.9 Å². The molecule has 0 bridgehead atoms. The van der Waals surface area contributed by atoms with Gasteiger partial charge in [-0.2, -0.15) is 5.10 Å². The number of thioether (sulfide) groups is 1. The standard InChI is InChI=1S/C26H30N4O6S/c1-15-22(13-37-26-27-14-28-30-26)35-25(36-23(15)19-9-7-18(12-31)8-10-19)20-5-4-6-21(11-20)29-24(33)16(2)34-17(3)32/h4-11,14-16,22-23,25,31H,12-13H2,1-3H3,(H,29,33)(H,27,28,30). The second kappa shape index (κ2) is 12.3. The molecule has 1 aromatic heterocycles. The van der Waals surface area contributed by atoms with Crippen molar-refractivity contribution < 1.29 is 28.9 Å². The summed E-state index contributed by atoms with van der Waals surface area (Å²) in [5.74, 6) is -0.326. The summed E-state index contributed by atoms with van der Waals surface area (Å²) in [4.78, 5) is 27.8. The number of hydrogen-bond donors (Lipinski definition) is 3. The average molecular weight is 527 g/mol. The smallest absolute Gasteiger partial charge is 0.303 e. The van der Waals surface area contributed by atoms with E-state index in [1.54, 1.807) is 18.2 Å². The van der Waals surface area contributed by atoms with E-state index in [9.17, 15) is 14.7 Å². The van der Waals surface area contributed by atoms with Crippen molar-refractivity contribution in [2.24, 2.45) is 5.92 Å². The number of hydrogen-bond acceptors (Lipinski definition) is 9. The fourth-order valence-corrected chi connectivity index (χ4v) is 4.99. The van der Waals surface area contributed by atoms with Crippen molar-refractivity contribution in [3.63, 3.8) is 0 Å². The van der Waals surface area contributed by atoms with Gasteiger partial charge in [0.05, 0.1) is 18.8 Å². The van der Waals surface area contributed by atoms with Gasteiger partial charge in [-0.25, -0.2) is 4.98 Å². The van der Waals surface area contributed by atoms with Crippen molar-refractivity contribution in [3.8, 4) is 0 Å². The van der Waals surface area contributed by atoms with Gasteiger partial charge in [0.2, 0.25) is 0 Å². The van der Waals surface area contributed by atoms with Crippen LogP contribution in [0.1, 0.15) is 49.9 Å². The van der Waals surface area contributed by atoms with E-state index in [0.29, 0.717) is 16.6 Å². The molecule has 11 heteroatoms. The van der Waals surface area contributed by atoms with Crippen LogP contribution >= 0.6 is 11.8 Å². The zero-order valence-electron chi connectivity index (χ0n) is 20.8. The average Bonchev–Trinajstić information content (AvgIpc) is 3.42. The van der Waals surface area contributed by atoms with Gasteiger partial charge in [-0.05, 0) is 30.2 Å². The first kappa shape index (κ1) is 26.8. The van der Waals surface area contributed by atoms with Crippen LogP contribution in [-0.4, -0.2) is 50.1 Å². The Labute approximate surface area is 219 Å². The van der Waals surface area contributed by atoms with Crippen molar-refractivity contribution in [1.29, 1.82) is 0 Å². The van der Waals surface area contributed by atoms with Crippen molar-refractivity contribution in [3.05, 3.63) is 71.5 Å². The van der Waals surface area contributed by atoms with Crippen molar-refractivity contribution in [2.45, 2.75) is 57.1 Å². The molecule has 0 aliphatic carbocycles. The maximum absolute atomic E-state index is 12.4. The minimum atomic E-state index is -0.923. The first-order valence-electron chi connectivity index (χ1n) is 11.9. The number of aliphatic hydroxyl groups is 1. The first-order chi connectivity index (χ1) is 17.8. The lowest BCUT2D eigenvalue weighted by atomic mass is 9.91. The van der Waals surface area contributed by atoms with E-state index >= 15 is 0 Å². The fourth-order valence-electron chi connectivity index (χ4n) is 4.04. The minimum Gasteiger partial charge on any atom is -0.453 e. The first-order valence-corrected chi connectivity index (χ1v) is 12.9. The summed E-state index contributed by atoms with van der Waals surface area (Å²) in [6.07, 6.45) is -0.602. The van der Waals surface area contributed by atoms with Crippen LogP contribution in [0.5, 0.6) is 0 Å². The van der Waals surface area contributed by atoms with Gasteiger partial charge in [-0.3, -0.25) is 14.7 Å². The molecular weight excluding hydrogens is 496 g/mol. The number of nitrogens with zero attached hydrogens (tertiary/aromatic N) is 2. The molecule has 37 heavy (non-hydrogen) atoms. The summed E-state index contributed by atoms with van der Waals surface area (Å²) >= 11 is 1.52. The van der Waals surface area contributed by atoms with Crippen LogP contribution in [-0.2, 0) is 30.4 Å². The maximum Gasteiger partial charge on any atom is 0.303 e. The molecule has 0 saturated carbocycles. The largest absolute Gasteiger partial charge is 0.453 e. The molecule has 0 radical (unpaired) electrons. The Morgan fingerprint density at radius 1 is 1.19 bits per heavy atom. The minimum absolute atomic E-state index is 0.0131. The van der Waals surface area contributed by atoms with Gasteiger partial charge in [-0.15, -0.1) is 0 Å². The molecule has 5 unspecified atom stereocenters. The number of nitrogens with one attached hydrogen (secondary N) is 2. The number of ether oxygens (including phenoxy) is 3. The van der Waals surface area contributed by atoms with E-state index in [2.05, 4.69) is 27.4 Å². The fraction of sp³-hybridized carbons (Fsp3) is 0.385. The van der Waals surface area contributed by atoms with E-state index in [0.717, 1.165) is 16.7 Å². The van der Waals surface area contributed by atoms with Gasteiger partial charge in [0.1, 0.15) is 6.33 Å². The number of H-pyrrole nitrogens is 1. The van der Waals surface area contributed by atoms with E-state index < -0.39 is 24.3 Å². The van der Waals surface area contributed by atoms with Crippen molar-refractivity contribution in [1.82, 2.24) is 15.2 Å². The third-order valence-electron chi connectivity index (χ3n) is 6.04. The summed E-state index contributed by atoms with van der Waals surface area (Å²) in [6.45, 7) is 4.82. The van der Waals surface area contributed by atoms with Crippen LogP contribution in [0, 0.1) is 5.92 Å². The summed E-state index contributed by atoms with van der Waals surface area (Å²) < 4.78 is 17.8. The lowest BCUT2D eigenvalue weighted by Crippen LogP contribution is -2.38. The molecule has 1 fully saturated rings. The molecule has 1 amide bonds. The summed E-state index contributed by atoms with van der Waals surface area (Å²) in [5.41, 5.74) is 3.07. The Kier molecular flexibility index (Phi) is 8.93. The number of aromatic amines is 1. The normalized spacial score (nSPS) is 22.3. The van der Waals surface area contributed by atoms with Crippen LogP contribution in [0.4, 0.5) is 5.69 Å². The van der Waals surface area contributed by atoms with Crippen LogP contribution in [0.3, 0.4) is 0 Å². The predicted molar refractivity (Wildman–Crippen MR) is 136 cm³/mol. The van der Waals surface area contributed by atoms with Crippen molar-refractivity contribution >= 4 is 29.3 Å². The Hall–Kier alpha value is -3.25. The number of anilines is 1. The second-order valence-corrected chi connectivity index (χ2v) is 9.80. The van der Waals surface area contributed by atoms with Crippen LogP contribution < -0.4 is 5.32 Å². The topological polar surface area (TPSA) is 136 Å². The van der Waals surface area contributed by atoms with Gasteiger partial charge in [-0.1, -0.05) is 55.1 Å². The molecule has 2 aromatic carbocycles. The molecule has 5 atom stereocenters. The lowest BCUT2D eigenvalue weighted by Gasteiger charge is -2.41. The number of aromatic nitrogens is 3. The maximum atomic E-state index is 12.4. The molecule has 3 N–H and O–H groups in total. The van der Waals surface area contributed by atoms with Gasteiger partial charge in [0.15, 0.2) is 17.6 Å². The van der Waals surface area contributed by atoms with Gasteiger partial charge >= 0.3 is 5.97 Å². The van der Waals surface area contributed by atoms with Crippen LogP contribution in [0.2, 0.25) is 0 Å². The summed E-state index contributed by atoms with van der Waals surface area (Å²) in [6, 6.07) is 14.9. The zero-order valence-corrected chi connectivity index (χ0v) is 21.6. The molecule has 4 rings (SSSR count). The number of carbonyl (C=O) groups excluding carboxylic acids is 2. The molecule has 1 aliphatic heterocycles. The number of carbonyl (C=O) groups is 2. The number of esters is 1. The van der Waals surface area contributed by atoms with Gasteiger partial charge in [0.25, 0.3) is 5.91 Å². The zero-order chi connectivity index (χ0) is 26.4. The molecule has 196 valence electrons. The van der Waals surface area contributed by atoms with Gasteiger partial charge in [0, 0.05) is 29.8 Å². The monoisotopic (exact) mass is 526 g/mol. The SMILES string of the molecule is CC(=O)OC(C)C(=O)Nc1cccc(C2OC(CSc3ncn[nH]3)C(C)C(c3ccc(CO)cc3)O2)c1. The van der Waals surface area contributed by atoms with E-state index in [1.807, 2.05) is 30.3 Å². The highest BCUT2D eigenvalue weighted by Gasteiger charge is 2.38. The van der Waals surface area contributed by atoms with Gasteiger partial charge < -0.3 is 24.6 Å². The summed E-state index contributed by atoms with van der Waals surface area (Å²) in [5, 5.41) is 19.7. The highest BCUT2D eigenvalue weighted by atomic mass is 32.2. The van der Waals surface area contributed by atoms with Crippen molar-refractivity contribution in [2.75, 3.05) is 11.1 Å². The molecular formula is C26H30N4O6S. The molecule has 1 saturated heterocycles. The van der Waals surface area contributed by atoms with E-state index in [-0.39, 0.29) is 24.7 Å². The third-order valence-corrected chi connectivity index (χ3v) is 7.00. The predicted octanol–water partition coefficient (Wildman–Crippen LogP) is 3.77. The quantitative estimate of drug-likeness (QED) is 0.281. The molecule has 10 nitrogen and oxygen atoms in total. The third kappa shape index (κ3) is 6.95. The highest BCUT2D eigenvalue weighted by Crippen LogP contribution is 2.43. The Morgan fingerprint density at radius 2 is 1.97 bits per heavy atom. The molecule has 1 aliphatic rings. The molecule has 3 aromatic rings. The number of rotatable bonds is 9. The Bertz CT molecular complexity index is 1190. The number of benzene rings is 2. The lowest BCUT2D eigenvalue weighted by molar-refractivity contribution is -0.268. The summed E-state index contributed by atoms with van der Waals surface area (Å²) in [7, 11) is 0. The highest BCUT2D eigenvalue weighted by molar-refractivity contribution is 7.99. The van der Waals surface area contributed by atoms with E-state index in [4.69, 9.17) is 14.2 Å². The Balaban J connectivity index is 1.55.